The van der Waals surface area contributed by atoms with Gasteiger partial charge in [0.25, 0.3) is 5.91 Å². The number of nitrogens with one attached hydrogen (secondary N) is 2. The number of rotatable bonds is 8. The van der Waals surface area contributed by atoms with Crippen molar-refractivity contribution in [3.63, 3.8) is 0 Å². The summed E-state index contributed by atoms with van der Waals surface area (Å²) < 4.78 is 37.8. The fraction of sp³-hybridized carbons (Fsp3) is 0.400. The van der Waals surface area contributed by atoms with Crippen LogP contribution in [-0.2, 0) is 24.9 Å². The van der Waals surface area contributed by atoms with Crippen molar-refractivity contribution < 1.29 is 32.3 Å². The number of nitrogen functional groups attached to an aromatic ring is 1. The van der Waals surface area contributed by atoms with Crippen molar-refractivity contribution in [3.05, 3.63) is 42.5 Å². The summed E-state index contributed by atoms with van der Waals surface area (Å²) in [6, 6.07) is 6.23. The van der Waals surface area contributed by atoms with Crippen LogP contribution in [0, 0.1) is 0 Å². The van der Waals surface area contributed by atoms with E-state index in [0.717, 1.165) is 12.8 Å². The zero-order valence-electron chi connectivity index (χ0n) is 18.2. The number of aromatic nitrogens is 4. The van der Waals surface area contributed by atoms with Gasteiger partial charge in [-0.3, -0.25) is 13.5 Å². The molecule has 186 valence electrons. The second-order valence-corrected chi connectivity index (χ2v) is 9.71. The van der Waals surface area contributed by atoms with Crippen LogP contribution in [0.15, 0.2) is 36.9 Å². The van der Waals surface area contributed by atoms with Gasteiger partial charge < -0.3 is 26.0 Å². The highest BCUT2D eigenvalue weighted by molar-refractivity contribution is 7.85. The molecule has 3 aromatic rings. The van der Waals surface area contributed by atoms with Crippen LogP contribution in [0.5, 0.6) is 0 Å². The number of hydrogen-bond acceptors (Lipinski definition) is 12. The number of nitrogens with two attached hydrogens (primary N) is 1. The molecule has 14 nitrogen and oxygen atoms in total. The number of carbonyl (C=O) groups excluding carboxylic acids is 1. The van der Waals surface area contributed by atoms with Gasteiger partial charge in [0.05, 0.1) is 25.1 Å². The van der Waals surface area contributed by atoms with Crippen LogP contribution in [0.4, 0.5) is 11.5 Å². The van der Waals surface area contributed by atoms with Crippen molar-refractivity contribution in [2.75, 3.05) is 24.3 Å². The van der Waals surface area contributed by atoms with E-state index >= 15 is 0 Å². The maximum Gasteiger partial charge on any atom is 0.362 e. The molecule has 1 aromatic carbocycles. The SMILES string of the molecule is Nc1ccccc1C(=O)NS(=O)(=O)OC[C@H]1OC[C@](O)(n2cnc3c(NC4CC4)ncnc32)[C@@H]1O. The van der Waals surface area contributed by atoms with E-state index in [2.05, 4.69) is 20.3 Å². The largest absolute Gasteiger partial charge is 0.398 e. The molecule has 0 bridgehead atoms. The molecule has 2 aromatic heterocycles. The molecule has 2 aliphatic rings. The highest BCUT2D eigenvalue weighted by Crippen LogP contribution is 2.34. The number of anilines is 2. The number of aliphatic hydroxyl groups is 2. The van der Waals surface area contributed by atoms with Gasteiger partial charge in [-0.15, -0.1) is 0 Å². The molecule has 1 saturated heterocycles. The molecule has 0 unspecified atom stereocenters. The molecule has 3 heterocycles. The van der Waals surface area contributed by atoms with E-state index in [0.29, 0.717) is 17.4 Å². The number of ether oxygens (including phenoxy) is 1. The van der Waals surface area contributed by atoms with E-state index in [1.165, 1.54) is 35.4 Å². The molecule has 1 aliphatic carbocycles. The maximum atomic E-state index is 12.3. The Balaban J connectivity index is 1.27. The van der Waals surface area contributed by atoms with E-state index < -0.39 is 47.4 Å². The smallest absolute Gasteiger partial charge is 0.362 e. The number of fused-ring (bicyclic) bond motifs is 1. The predicted octanol–water partition coefficient (Wildman–Crippen LogP) is -0.921. The number of para-hydroxylation sites is 1. The van der Waals surface area contributed by atoms with Crippen molar-refractivity contribution >= 4 is 38.9 Å². The summed E-state index contributed by atoms with van der Waals surface area (Å²) in [5.41, 5.74) is 4.40. The molecule has 15 heteroatoms. The minimum atomic E-state index is -4.57. The Bertz CT molecular complexity index is 1380. The van der Waals surface area contributed by atoms with E-state index in [1.54, 1.807) is 10.8 Å². The molecule has 35 heavy (non-hydrogen) atoms. The maximum absolute atomic E-state index is 12.3. The number of carbonyl (C=O) groups is 1. The number of nitrogens with zero attached hydrogens (tertiary/aromatic N) is 4. The highest BCUT2D eigenvalue weighted by Gasteiger charge is 2.51. The third-order valence-electron chi connectivity index (χ3n) is 5.82. The normalized spacial score (nSPS) is 24.5. The average molecular weight is 506 g/mol. The van der Waals surface area contributed by atoms with Crippen LogP contribution in [0.1, 0.15) is 23.2 Å². The lowest BCUT2D eigenvalue weighted by Gasteiger charge is -2.27. The van der Waals surface area contributed by atoms with Crippen LogP contribution >= 0.6 is 0 Å². The quantitative estimate of drug-likeness (QED) is 0.236. The van der Waals surface area contributed by atoms with Gasteiger partial charge in [0.2, 0.25) is 0 Å². The Morgan fingerprint density at radius 1 is 1.29 bits per heavy atom. The molecule has 0 radical (unpaired) electrons. The van der Waals surface area contributed by atoms with E-state index in [1.807, 2.05) is 0 Å². The fourth-order valence-corrected chi connectivity index (χ4v) is 4.47. The summed E-state index contributed by atoms with van der Waals surface area (Å²) in [5, 5.41) is 25.2. The standard InChI is InChI=1S/C20H23N7O7S/c21-13-4-2-1-3-12(13)19(29)26-35(31,32)34-7-14-16(28)20(30,8-33-14)27-10-24-15-17(25-11-5-6-11)22-9-23-18(15)27/h1-4,9-11,14,16,28,30H,5-8,21H2,(H,26,29)(H,22,23,25)/t14-,16-,20-/m1/s1. The Morgan fingerprint density at radius 3 is 2.80 bits per heavy atom. The lowest BCUT2D eigenvalue weighted by atomic mass is 10.1. The molecule has 6 N–H and O–H groups in total. The lowest BCUT2D eigenvalue weighted by molar-refractivity contribution is -0.109. The van der Waals surface area contributed by atoms with Gasteiger partial charge in [-0.1, -0.05) is 12.1 Å². The van der Waals surface area contributed by atoms with Crippen LogP contribution in [-0.4, -0.2) is 75.5 Å². The first-order valence-electron chi connectivity index (χ1n) is 10.7. The average Bonchev–Trinajstić information content (AvgIpc) is 3.44. The fourth-order valence-electron chi connectivity index (χ4n) is 3.76. The van der Waals surface area contributed by atoms with Gasteiger partial charge in [0.15, 0.2) is 22.7 Å². The third-order valence-corrected chi connectivity index (χ3v) is 6.70. The van der Waals surface area contributed by atoms with Gasteiger partial charge in [-0.25, -0.2) is 19.7 Å². The Hall–Kier alpha value is -3.37. The van der Waals surface area contributed by atoms with Gasteiger partial charge in [-0.05, 0) is 25.0 Å². The van der Waals surface area contributed by atoms with Crippen molar-refractivity contribution in [2.45, 2.75) is 36.8 Å². The number of benzene rings is 1. The first kappa shape index (κ1) is 23.4. The highest BCUT2D eigenvalue weighted by atomic mass is 32.2. The van der Waals surface area contributed by atoms with Crippen LogP contribution in [0.25, 0.3) is 11.2 Å². The zero-order valence-corrected chi connectivity index (χ0v) is 19.1. The molecule has 3 atom stereocenters. The van der Waals surface area contributed by atoms with Gasteiger partial charge >= 0.3 is 10.3 Å². The van der Waals surface area contributed by atoms with Gasteiger partial charge in [0.1, 0.15) is 18.5 Å². The first-order valence-corrected chi connectivity index (χ1v) is 12.1. The number of aliphatic hydroxyl groups excluding tert-OH is 1. The Kier molecular flexibility index (Phi) is 5.80. The van der Waals surface area contributed by atoms with E-state index in [9.17, 15) is 23.4 Å². The molecule has 2 fully saturated rings. The summed E-state index contributed by atoms with van der Waals surface area (Å²) in [6.45, 7) is -1.07. The van der Waals surface area contributed by atoms with Crippen LogP contribution in [0.3, 0.4) is 0 Å². The molecule has 1 saturated carbocycles. The predicted molar refractivity (Wildman–Crippen MR) is 121 cm³/mol. The summed E-state index contributed by atoms with van der Waals surface area (Å²) in [5.74, 6) is -0.471. The van der Waals surface area contributed by atoms with Gasteiger partial charge in [-0.2, -0.15) is 8.42 Å². The molecule has 1 amide bonds. The molecule has 1 aliphatic heterocycles. The second-order valence-electron chi connectivity index (χ2n) is 8.36. The summed E-state index contributed by atoms with van der Waals surface area (Å²) in [4.78, 5) is 24.8. The van der Waals surface area contributed by atoms with Crippen molar-refractivity contribution in [3.8, 4) is 0 Å². The Labute approximate surface area is 199 Å². The van der Waals surface area contributed by atoms with Crippen molar-refractivity contribution in [1.29, 1.82) is 0 Å². The molecular formula is C20H23N7O7S. The van der Waals surface area contributed by atoms with E-state index in [-0.39, 0.29) is 16.9 Å². The monoisotopic (exact) mass is 505 g/mol. The van der Waals surface area contributed by atoms with Gasteiger partial charge in [0, 0.05) is 11.7 Å². The molecular weight excluding hydrogens is 482 g/mol. The number of hydrogen-bond donors (Lipinski definition) is 5. The minimum absolute atomic E-state index is 0.0456. The number of imidazole rings is 1. The minimum Gasteiger partial charge on any atom is -0.398 e. The van der Waals surface area contributed by atoms with Crippen molar-refractivity contribution in [2.24, 2.45) is 0 Å². The third kappa shape index (κ3) is 4.51. The van der Waals surface area contributed by atoms with Crippen LogP contribution in [0.2, 0.25) is 0 Å². The van der Waals surface area contributed by atoms with Crippen LogP contribution < -0.4 is 15.8 Å². The Morgan fingerprint density at radius 2 is 2.06 bits per heavy atom. The topological polar surface area (TPSA) is 204 Å². The summed E-state index contributed by atoms with van der Waals surface area (Å²) in [7, 11) is -4.57. The zero-order chi connectivity index (χ0) is 24.8. The van der Waals surface area contributed by atoms with Crippen molar-refractivity contribution in [1.82, 2.24) is 24.2 Å². The summed E-state index contributed by atoms with van der Waals surface area (Å²) >= 11 is 0. The molecule has 0 spiro atoms. The summed E-state index contributed by atoms with van der Waals surface area (Å²) in [6.07, 6.45) is 1.81. The second kappa shape index (κ2) is 8.69. The molecule has 5 rings (SSSR count). The van der Waals surface area contributed by atoms with E-state index in [4.69, 9.17) is 14.7 Å². The number of amides is 1. The lowest BCUT2D eigenvalue weighted by Crippen LogP contribution is -2.47. The first-order chi connectivity index (χ1) is 16.7.